The Labute approximate surface area is 150 Å². The van der Waals surface area contributed by atoms with Crippen LogP contribution in [0.25, 0.3) is 11.3 Å². The second-order valence-electron chi connectivity index (χ2n) is 5.43. The standard InChI is InChI=1S/C19H16ClN3O2/c1-23-15(8-9-17(23)13-5-3-2-4-6-13)12-21-22-19(25)14-7-10-18(24)16(20)11-14/h2-12,24H,1H3,(H,22,25). The first-order chi connectivity index (χ1) is 12.1. The van der Waals surface area contributed by atoms with Gasteiger partial charge in [-0.1, -0.05) is 41.9 Å². The first kappa shape index (κ1) is 16.8. The minimum atomic E-state index is -0.407. The lowest BCUT2D eigenvalue weighted by atomic mass is 10.2. The Kier molecular flexibility index (Phi) is 4.86. The van der Waals surface area contributed by atoms with Crippen LogP contribution in [0.15, 0.2) is 65.8 Å². The Bertz CT molecular complexity index is 933. The first-order valence-electron chi connectivity index (χ1n) is 7.59. The zero-order valence-corrected chi connectivity index (χ0v) is 14.2. The van der Waals surface area contributed by atoms with Crippen LogP contribution in [0, 0.1) is 0 Å². The van der Waals surface area contributed by atoms with E-state index in [-0.39, 0.29) is 10.8 Å². The van der Waals surface area contributed by atoms with E-state index in [2.05, 4.69) is 10.5 Å². The Balaban J connectivity index is 1.71. The number of halogens is 1. The van der Waals surface area contributed by atoms with Gasteiger partial charge in [-0.3, -0.25) is 4.79 Å². The molecule has 0 aliphatic rings. The van der Waals surface area contributed by atoms with E-state index in [1.807, 2.05) is 54.1 Å². The van der Waals surface area contributed by atoms with Crippen LogP contribution in [0.4, 0.5) is 0 Å². The van der Waals surface area contributed by atoms with Crippen molar-refractivity contribution in [1.82, 2.24) is 9.99 Å². The van der Waals surface area contributed by atoms with Crippen LogP contribution in [0.5, 0.6) is 5.75 Å². The maximum atomic E-state index is 12.0. The molecule has 3 aromatic rings. The maximum Gasteiger partial charge on any atom is 0.271 e. The minimum Gasteiger partial charge on any atom is -0.506 e. The zero-order chi connectivity index (χ0) is 17.8. The largest absolute Gasteiger partial charge is 0.506 e. The average molecular weight is 354 g/mol. The number of nitrogens with one attached hydrogen (secondary N) is 1. The average Bonchev–Trinajstić information content (AvgIpc) is 2.99. The van der Waals surface area contributed by atoms with Crippen LogP contribution >= 0.6 is 11.6 Å². The van der Waals surface area contributed by atoms with E-state index in [0.29, 0.717) is 5.56 Å². The topological polar surface area (TPSA) is 66.6 Å². The molecular formula is C19H16ClN3O2. The number of carbonyl (C=O) groups is 1. The van der Waals surface area contributed by atoms with Gasteiger partial charge in [0, 0.05) is 18.3 Å². The molecule has 0 spiro atoms. The summed E-state index contributed by atoms with van der Waals surface area (Å²) in [5.74, 6) is -0.477. The molecule has 0 radical (unpaired) electrons. The lowest BCUT2D eigenvalue weighted by Crippen LogP contribution is -2.17. The highest BCUT2D eigenvalue weighted by atomic mass is 35.5. The van der Waals surface area contributed by atoms with Crippen molar-refractivity contribution in [1.29, 1.82) is 0 Å². The molecule has 5 nitrogen and oxygen atoms in total. The molecule has 0 saturated carbocycles. The third kappa shape index (κ3) is 3.72. The summed E-state index contributed by atoms with van der Waals surface area (Å²) in [5, 5.41) is 13.5. The van der Waals surface area contributed by atoms with Crippen molar-refractivity contribution in [3.05, 3.63) is 76.9 Å². The number of rotatable bonds is 4. The molecule has 2 N–H and O–H groups in total. The summed E-state index contributed by atoms with van der Waals surface area (Å²) in [6, 6.07) is 18.2. The molecule has 0 aliphatic heterocycles. The number of phenols is 1. The molecule has 25 heavy (non-hydrogen) atoms. The third-order valence-corrected chi connectivity index (χ3v) is 4.11. The van der Waals surface area contributed by atoms with Gasteiger partial charge in [0.2, 0.25) is 0 Å². The van der Waals surface area contributed by atoms with Crippen molar-refractivity contribution in [2.45, 2.75) is 0 Å². The van der Waals surface area contributed by atoms with E-state index in [4.69, 9.17) is 11.6 Å². The minimum absolute atomic E-state index is 0.0704. The molecule has 0 bridgehead atoms. The molecule has 1 amide bonds. The van der Waals surface area contributed by atoms with Crippen LogP contribution in [-0.2, 0) is 7.05 Å². The maximum absolute atomic E-state index is 12.0. The van der Waals surface area contributed by atoms with Crippen molar-refractivity contribution < 1.29 is 9.90 Å². The smallest absolute Gasteiger partial charge is 0.271 e. The van der Waals surface area contributed by atoms with Crippen molar-refractivity contribution >= 4 is 23.7 Å². The van der Waals surface area contributed by atoms with Gasteiger partial charge in [0.15, 0.2) is 0 Å². The Hall–Kier alpha value is -3.05. The lowest BCUT2D eigenvalue weighted by Gasteiger charge is -2.05. The molecule has 1 heterocycles. The van der Waals surface area contributed by atoms with Crippen molar-refractivity contribution in [2.75, 3.05) is 0 Å². The molecule has 0 aliphatic carbocycles. The lowest BCUT2D eigenvalue weighted by molar-refractivity contribution is 0.0955. The highest BCUT2D eigenvalue weighted by Crippen LogP contribution is 2.23. The molecule has 3 rings (SSSR count). The monoisotopic (exact) mass is 353 g/mol. The van der Waals surface area contributed by atoms with E-state index in [1.165, 1.54) is 18.2 Å². The molecule has 0 fully saturated rings. The summed E-state index contributed by atoms with van der Waals surface area (Å²) in [7, 11) is 1.94. The Morgan fingerprint density at radius 3 is 2.64 bits per heavy atom. The number of nitrogens with zero attached hydrogens (tertiary/aromatic N) is 2. The number of benzene rings is 2. The Morgan fingerprint density at radius 2 is 1.92 bits per heavy atom. The summed E-state index contributed by atoms with van der Waals surface area (Å²) < 4.78 is 1.99. The number of aromatic nitrogens is 1. The summed E-state index contributed by atoms with van der Waals surface area (Å²) in [5.41, 5.74) is 5.77. The van der Waals surface area contributed by atoms with Crippen molar-refractivity contribution in [3.8, 4) is 17.0 Å². The molecule has 126 valence electrons. The molecule has 1 aromatic heterocycles. The van der Waals surface area contributed by atoms with Gasteiger partial charge in [-0.05, 0) is 35.9 Å². The molecule has 0 unspecified atom stereocenters. The fourth-order valence-electron chi connectivity index (χ4n) is 2.43. The van der Waals surface area contributed by atoms with Gasteiger partial charge >= 0.3 is 0 Å². The molecule has 0 atom stereocenters. The number of hydrogen-bond acceptors (Lipinski definition) is 3. The number of hydrogen-bond donors (Lipinski definition) is 2. The van der Waals surface area contributed by atoms with E-state index in [0.717, 1.165) is 17.0 Å². The number of hydrazone groups is 1. The summed E-state index contributed by atoms with van der Waals surface area (Å²) in [4.78, 5) is 12.0. The van der Waals surface area contributed by atoms with Gasteiger partial charge in [0.25, 0.3) is 5.91 Å². The van der Waals surface area contributed by atoms with Crippen molar-refractivity contribution in [3.63, 3.8) is 0 Å². The Morgan fingerprint density at radius 1 is 1.16 bits per heavy atom. The van der Waals surface area contributed by atoms with Gasteiger partial charge < -0.3 is 9.67 Å². The highest BCUT2D eigenvalue weighted by molar-refractivity contribution is 6.32. The predicted molar refractivity (Wildman–Crippen MR) is 99.0 cm³/mol. The zero-order valence-electron chi connectivity index (χ0n) is 13.5. The quantitative estimate of drug-likeness (QED) is 0.553. The number of amides is 1. The van der Waals surface area contributed by atoms with Crippen LogP contribution in [0.3, 0.4) is 0 Å². The van der Waals surface area contributed by atoms with Crippen molar-refractivity contribution in [2.24, 2.45) is 12.1 Å². The van der Waals surface area contributed by atoms with Gasteiger partial charge in [-0.15, -0.1) is 0 Å². The molecule has 6 heteroatoms. The predicted octanol–water partition coefficient (Wildman–Crippen LogP) is 3.82. The number of aromatic hydroxyl groups is 1. The molecular weight excluding hydrogens is 338 g/mol. The number of phenolic OH excluding ortho intramolecular Hbond substituents is 1. The highest BCUT2D eigenvalue weighted by Gasteiger charge is 2.08. The summed E-state index contributed by atoms with van der Waals surface area (Å²) >= 11 is 5.80. The fourth-order valence-corrected chi connectivity index (χ4v) is 2.61. The van der Waals surface area contributed by atoms with Crippen LogP contribution in [0.1, 0.15) is 16.1 Å². The van der Waals surface area contributed by atoms with Crippen LogP contribution in [-0.4, -0.2) is 21.8 Å². The van der Waals surface area contributed by atoms with E-state index >= 15 is 0 Å². The van der Waals surface area contributed by atoms with E-state index in [9.17, 15) is 9.90 Å². The van der Waals surface area contributed by atoms with Crippen LogP contribution in [0.2, 0.25) is 5.02 Å². The summed E-state index contributed by atoms with van der Waals surface area (Å²) in [6.45, 7) is 0. The first-order valence-corrected chi connectivity index (χ1v) is 7.97. The second-order valence-corrected chi connectivity index (χ2v) is 5.84. The van der Waals surface area contributed by atoms with E-state index in [1.54, 1.807) is 6.21 Å². The third-order valence-electron chi connectivity index (χ3n) is 3.80. The summed E-state index contributed by atoms with van der Waals surface area (Å²) in [6.07, 6.45) is 1.58. The molecule has 0 saturated heterocycles. The van der Waals surface area contributed by atoms with Gasteiger partial charge in [-0.2, -0.15) is 5.10 Å². The fraction of sp³-hybridized carbons (Fsp3) is 0.0526. The molecule has 2 aromatic carbocycles. The van der Waals surface area contributed by atoms with Gasteiger partial charge in [-0.25, -0.2) is 5.43 Å². The number of carbonyl (C=O) groups excluding carboxylic acids is 1. The normalized spacial score (nSPS) is 11.0. The van der Waals surface area contributed by atoms with Crippen LogP contribution < -0.4 is 5.43 Å². The van der Waals surface area contributed by atoms with Gasteiger partial charge in [0.1, 0.15) is 5.75 Å². The second kappa shape index (κ2) is 7.23. The van der Waals surface area contributed by atoms with Gasteiger partial charge in [0.05, 0.1) is 16.9 Å². The SMILES string of the molecule is Cn1c(C=NNC(=O)c2ccc(O)c(Cl)c2)ccc1-c1ccccc1. The van der Waals surface area contributed by atoms with E-state index < -0.39 is 5.91 Å².